The van der Waals surface area contributed by atoms with Gasteiger partial charge in [-0.25, -0.2) is 8.78 Å². The van der Waals surface area contributed by atoms with E-state index in [0.29, 0.717) is 5.56 Å². The lowest BCUT2D eigenvalue weighted by Crippen LogP contribution is -2.25. The second-order valence-corrected chi connectivity index (χ2v) is 5.13. The second kappa shape index (κ2) is 7.26. The average molecular weight is 322 g/mol. The summed E-state index contributed by atoms with van der Waals surface area (Å²) in [7, 11) is 0. The summed E-state index contributed by atoms with van der Waals surface area (Å²) in [6.07, 6.45) is -1.36. The smallest absolute Gasteiger partial charge is 0.269 e. The molecule has 7 heteroatoms. The SMILES string of the molecule is CC(NCC(O)c1c(F)cccc1F)c1cccc([N+](=O)[O-])c1. The lowest BCUT2D eigenvalue weighted by atomic mass is 10.1. The highest BCUT2D eigenvalue weighted by Crippen LogP contribution is 2.22. The first kappa shape index (κ1) is 17.0. The molecule has 0 heterocycles. The van der Waals surface area contributed by atoms with E-state index in [2.05, 4.69) is 5.32 Å². The van der Waals surface area contributed by atoms with Crippen LogP contribution in [0.15, 0.2) is 42.5 Å². The molecule has 0 spiro atoms. The predicted molar refractivity (Wildman–Crippen MR) is 80.8 cm³/mol. The Kier molecular flexibility index (Phi) is 5.36. The van der Waals surface area contributed by atoms with Gasteiger partial charge in [0.25, 0.3) is 5.69 Å². The summed E-state index contributed by atoms with van der Waals surface area (Å²) in [6.45, 7) is 1.64. The first-order valence-electron chi connectivity index (χ1n) is 7.00. The number of nitrogens with zero attached hydrogens (tertiary/aromatic N) is 1. The number of benzene rings is 2. The van der Waals surface area contributed by atoms with Crippen molar-refractivity contribution in [1.82, 2.24) is 5.32 Å². The highest BCUT2D eigenvalue weighted by molar-refractivity contribution is 5.35. The van der Waals surface area contributed by atoms with Crippen LogP contribution < -0.4 is 5.32 Å². The molecule has 0 amide bonds. The van der Waals surface area contributed by atoms with E-state index in [1.165, 1.54) is 18.2 Å². The maximum atomic E-state index is 13.6. The molecule has 5 nitrogen and oxygen atoms in total. The fraction of sp³-hybridized carbons (Fsp3) is 0.250. The van der Waals surface area contributed by atoms with Crippen molar-refractivity contribution in [1.29, 1.82) is 0 Å². The van der Waals surface area contributed by atoms with Crippen LogP contribution in [0.3, 0.4) is 0 Å². The van der Waals surface area contributed by atoms with Crippen molar-refractivity contribution >= 4 is 5.69 Å². The van der Waals surface area contributed by atoms with Gasteiger partial charge in [0.2, 0.25) is 0 Å². The van der Waals surface area contributed by atoms with Crippen molar-refractivity contribution in [2.75, 3.05) is 6.54 Å². The standard InChI is InChI=1S/C16H16F2N2O3/c1-10(11-4-2-5-12(8-11)20(22)23)19-9-15(21)16-13(17)6-3-7-14(16)18/h2-8,10,15,19,21H,9H2,1H3. The zero-order valence-corrected chi connectivity index (χ0v) is 12.4. The molecule has 0 aliphatic heterocycles. The van der Waals surface area contributed by atoms with Crippen molar-refractivity contribution in [3.63, 3.8) is 0 Å². The third-order valence-electron chi connectivity index (χ3n) is 3.53. The predicted octanol–water partition coefficient (Wildman–Crippen LogP) is 3.26. The van der Waals surface area contributed by atoms with Crippen LogP contribution in [0.5, 0.6) is 0 Å². The lowest BCUT2D eigenvalue weighted by molar-refractivity contribution is -0.384. The summed E-state index contributed by atoms with van der Waals surface area (Å²) < 4.78 is 27.2. The topological polar surface area (TPSA) is 75.4 Å². The molecule has 23 heavy (non-hydrogen) atoms. The van der Waals surface area contributed by atoms with Crippen LogP contribution >= 0.6 is 0 Å². The quantitative estimate of drug-likeness (QED) is 0.632. The van der Waals surface area contributed by atoms with E-state index in [4.69, 9.17) is 0 Å². The van der Waals surface area contributed by atoms with Crippen molar-refractivity contribution in [2.24, 2.45) is 0 Å². The fourth-order valence-electron chi connectivity index (χ4n) is 2.25. The molecular weight excluding hydrogens is 306 g/mol. The van der Waals surface area contributed by atoms with Gasteiger partial charge in [0, 0.05) is 24.7 Å². The van der Waals surface area contributed by atoms with Gasteiger partial charge in [-0.05, 0) is 24.6 Å². The van der Waals surface area contributed by atoms with Crippen molar-refractivity contribution in [3.8, 4) is 0 Å². The molecule has 0 bridgehead atoms. The van der Waals surface area contributed by atoms with Crippen LogP contribution in [0.2, 0.25) is 0 Å². The molecule has 0 saturated heterocycles. The first-order valence-corrected chi connectivity index (χ1v) is 7.00. The van der Waals surface area contributed by atoms with E-state index in [0.717, 1.165) is 12.1 Å². The van der Waals surface area contributed by atoms with Crippen LogP contribution in [0.1, 0.15) is 30.2 Å². The van der Waals surface area contributed by atoms with Crippen molar-refractivity contribution in [2.45, 2.75) is 19.1 Å². The molecule has 2 aromatic carbocycles. The van der Waals surface area contributed by atoms with Gasteiger partial charge in [-0.1, -0.05) is 18.2 Å². The number of nitrogens with one attached hydrogen (secondary N) is 1. The molecule has 122 valence electrons. The van der Waals surface area contributed by atoms with Gasteiger partial charge in [0.05, 0.1) is 16.6 Å². The highest BCUT2D eigenvalue weighted by atomic mass is 19.1. The number of nitro benzene ring substituents is 1. The van der Waals surface area contributed by atoms with E-state index >= 15 is 0 Å². The Morgan fingerprint density at radius 1 is 1.22 bits per heavy atom. The van der Waals surface area contributed by atoms with Gasteiger partial charge < -0.3 is 10.4 Å². The molecule has 0 aromatic heterocycles. The number of halogens is 2. The summed E-state index contributed by atoms with van der Waals surface area (Å²) >= 11 is 0. The number of hydrogen-bond acceptors (Lipinski definition) is 4. The van der Waals surface area contributed by atoms with E-state index in [9.17, 15) is 24.0 Å². The van der Waals surface area contributed by atoms with Gasteiger partial charge in [-0.3, -0.25) is 10.1 Å². The molecule has 2 unspecified atom stereocenters. The number of nitro groups is 1. The Bertz CT molecular complexity index is 689. The molecule has 2 atom stereocenters. The van der Waals surface area contributed by atoms with Crippen LogP contribution in [0, 0.1) is 21.7 Å². The van der Waals surface area contributed by atoms with E-state index in [1.807, 2.05) is 0 Å². The van der Waals surface area contributed by atoms with Gasteiger partial charge in [0.1, 0.15) is 11.6 Å². The molecular formula is C16H16F2N2O3. The summed E-state index contributed by atoms with van der Waals surface area (Å²) in [5, 5.41) is 23.6. The Balaban J connectivity index is 2.05. The Morgan fingerprint density at radius 3 is 2.43 bits per heavy atom. The second-order valence-electron chi connectivity index (χ2n) is 5.13. The Morgan fingerprint density at radius 2 is 1.83 bits per heavy atom. The largest absolute Gasteiger partial charge is 0.387 e. The number of aliphatic hydroxyl groups is 1. The summed E-state index contributed by atoms with van der Waals surface area (Å²) in [5.41, 5.74) is 0.198. The van der Waals surface area contributed by atoms with E-state index in [-0.39, 0.29) is 18.3 Å². The molecule has 0 aliphatic rings. The van der Waals surface area contributed by atoms with E-state index in [1.54, 1.807) is 19.1 Å². The molecule has 0 aliphatic carbocycles. The first-order chi connectivity index (χ1) is 10.9. The third kappa shape index (κ3) is 4.08. The normalized spacial score (nSPS) is 13.6. The van der Waals surface area contributed by atoms with E-state index < -0.39 is 28.2 Å². The minimum Gasteiger partial charge on any atom is -0.387 e. The van der Waals surface area contributed by atoms with Crippen molar-refractivity contribution in [3.05, 3.63) is 75.3 Å². The fourth-order valence-corrected chi connectivity index (χ4v) is 2.25. The zero-order valence-electron chi connectivity index (χ0n) is 12.4. The summed E-state index contributed by atoms with van der Waals surface area (Å²) in [6, 6.07) is 9.07. The van der Waals surface area contributed by atoms with Crippen LogP contribution in [0.25, 0.3) is 0 Å². The molecule has 2 N–H and O–H groups in total. The Labute approximate surface area is 131 Å². The maximum Gasteiger partial charge on any atom is 0.269 e. The number of non-ortho nitro benzene ring substituents is 1. The molecule has 0 radical (unpaired) electrons. The van der Waals surface area contributed by atoms with Crippen LogP contribution in [-0.4, -0.2) is 16.6 Å². The average Bonchev–Trinajstić information content (AvgIpc) is 2.52. The molecule has 0 fully saturated rings. The minimum absolute atomic E-state index is 0.0446. The number of aliphatic hydroxyl groups excluding tert-OH is 1. The number of rotatable bonds is 6. The zero-order chi connectivity index (χ0) is 17.0. The lowest BCUT2D eigenvalue weighted by Gasteiger charge is -2.18. The summed E-state index contributed by atoms with van der Waals surface area (Å²) in [4.78, 5) is 10.3. The maximum absolute atomic E-state index is 13.6. The Hall–Kier alpha value is -2.38. The monoisotopic (exact) mass is 322 g/mol. The molecule has 2 rings (SSSR count). The van der Waals surface area contributed by atoms with Gasteiger partial charge in [-0.2, -0.15) is 0 Å². The molecule has 0 saturated carbocycles. The highest BCUT2D eigenvalue weighted by Gasteiger charge is 2.19. The van der Waals surface area contributed by atoms with Gasteiger partial charge in [0.15, 0.2) is 0 Å². The third-order valence-corrected chi connectivity index (χ3v) is 3.53. The van der Waals surface area contributed by atoms with Gasteiger partial charge in [-0.15, -0.1) is 0 Å². The number of hydrogen-bond donors (Lipinski definition) is 2. The van der Waals surface area contributed by atoms with Gasteiger partial charge >= 0.3 is 0 Å². The van der Waals surface area contributed by atoms with Crippen LogP contribution in [0.4, 0.5) is 14.5 Å². The van der Waals surface area contributed by atoms with Crippen LogP contribution in [-0.2, 0) is 0 Å². The molecule has 2 aromatic rings. The minimum atomic E-state index is -1.36. The summed E-state index contributed by atoms with van der Waals surface area (Å²) in [5.74, 6) is -1.63. The van der Waals surface area contributed by atoms with Crippen molar-refractivity contribution < 1.29 is 18.8 Å².